The summed E-state index contributed by atoms with van der Waals surface area (Å²) in [6.07, 6.45) is 5.88. The van der Waals surface area contributed by atoms with Crippen LogP contribution in [0, 0.1) is 20.8 Å². The number of oxazole rings is 1. The molecule has 166 valence electrons. The van der Waals surface area contributed by atoms with Crippen molar-refractivity contribution in [3.8, 4) is 22.8 Å². The van der Waals surface area contributed by atoms with Crippen LogP contribution in [0.1, 0.15) is 23.6 Å². The van der Waals surface area contributed by atoms with Crippen LogP contribution in [0.3, 0.4) is 0 Å². The Morgan fingerprint density at radius 3 is 2.12 bits per heavy atom. The van der Waals surface area contributed by atoms with E-state index in [-0.39, 0.29) is 4.90 Å². The maximum Gasteiger partial charge on any atom is 0.227 e. The molecule has 4 aromatic rings. The fourth-order valence-electron chi connectivity index (χ4n) is 3.14. The van der Waals surface area contributed by atoms with E-state index >= 15 is 0 Å². The molecule has 0 N–H and O–H groups in total. The van der Waals surface area contributed by atoms with Gasteiger partial charge in [-0.15, -0.1) is 0 Å². The van der Waals surface area contributed by atoms with Crippen molar-refractivity contribution in [1.29, 1.82) is 0 Å². The second-order valence-corrected chi connectivity index (χ2v) is 8.91. The molecule has 0 aliphatic rings. The van der Waals surface area contributed by atoms with Gasteiger partial charge in [0.25, 0.3) is 0 Å². The molecular formula is C25H26N2O4S. The van der Waals surface area contributed by atoms with E-state index in [1.165, 1.54) is 23.3 Å². The molecule has 2 aromatic carbocycles. The molecule has 0 radical (unpaired) electrons. The Kier molecular flexibility index (Phi) is 7.22. The van der Waals surface area contributed by atoms with Crippen LogP contribution in [0.2, 0.25) is 0 Å². The monoisotopic (exact) mass is 450 g/mol. The zero-order chi connectivity index (χ0) is 23.3. The molecule has 32 heavy (non-hydrogen) atoms. The number of pyridine rings is 1. The average Bonchev–Trinajstić information content (AvgIpc) is 3.24. The van der Waals surface area contributed by atoms with Crippen molar-refractivity contribution in [1.82, 2.24) is 4.98 Å². The van der Waals surface area contributed by atoms with Crippen LogP contribution in [0.15, 0.2) is 82.5 Å². The fraction of sp³-hybridized carbons (Fsp3) is 0.200. The Hall–Kier alpha value is -3.29. The molecule has 2 heterocycles. The van der Waals surface area contributed by atoms with Crippen molar-refractivity contribution < 1.29 is 22.0 Å². The molecule has 0 fully saturated rings. The van der Waals surface area contributed by atoms with Gasteiger partial charge in [0.15, 0.2) is 18.2 Å². The van der Waals surface area contributed by atoms with Crippen LogP contribution < -0.4 is 4.57 Å². The minimum Gasteiger partial charge on any atom is -0.744 e. The third kappa shape index (κ3) is 5.90. The van der Waals surface area contributed by atoms with Gasteiger partial charge in [0.1, 0.15) is 16.7 Å². The Labute approximate surface area is 189 Å². The minimum absolute atomic E-state index is 0.178. The number of benzene rings is 2. The van der Waals surface area contributed by atoms with Gasteiger partial charge in [0, 0.05) is 23.3 Å². The molecule has 0 atom stereocenters. The van der Waals surface area contributed by atoms with Crippen LogP contribution >= 0.6 is 0 Å². The molecule has 0 aliphatic heterocycles. The van der Waals surface area contributed by atoms with Crippen LogP contribution in [-0.4, -0.2) is 18.0 Å². The largest absolute Gasteiger partial charge is 0.744 e. The van der Waals surface area contributed by atoms with Gasteiger partial charge in [0.2, 0.25) is 5.89 Å². The molecule has 0 spiro atoms. The van der Waals surface area contributed by atoms with Gasteiger partial charge in [-0.2, -0.15) is 0 Å². The highest BCUT2D eigenvalue weighted by Gasteiger charge is 2.11. The summed E-state index contributed by atoms with van der Waals surface area (Å²) in [7, 11) is -4.27. The summed E-state index contributed by atoms with van der Waals surface area (Å²) in [5, 5.41) is 0. The third-order valence-electron chi connectivity index (χ3n) is 4.97. The van der Waals surface area contributed by atoms with E-state index in [1.54, 1.807) is 18.3 Å². The maximum atomic E-state index is 10.4. The molecule has 7 heteroatoms. The zero-order valence-corrected chi connectivity index (χ0v) is 19.4. The van der Waals surface area contributed by atoms with Crippen LogP contribution in [-0.2, 0) is 16.7 Å². The van der Waals surface area contributed by atoms with Gasteiger partial charge in [-0.05, 0) is 45.4 Å². The van der Waals surface area contributed by atoms with E-state index in [2.05, 4.69) is 48.5 Å². The first-order chi connectivity index (χ1) is 15.2. The van der Waals surface area contributed by atoms with E-state index < -0.39 is 10.1 Å². The first kappa shape index (κ1) is 23.4. The van der Waals surface area contributed by atoms with Gasteiger partial charge in [-0.3, -0.25) is 0 Å². The first-order valence-electron chi connectivity index (χ1n) is 10.2. The number of aryl methyl sites for hydroxylation is 4. The standard InChI is InChI=1S/C18H19N2O.C7H8O3S/c1-4-20-9-7-15(8-10-20)18-19-12-17(21-18)16-6-5-13(2)11-14(16)3;1-6-2-4-7(5-3-6)11(8,9)10/h5-12H,4H2,1-3H3;2-5H,1H3,(H,8,9,10)/q+1;/p-1. The Balaban J connectivity index is 0.000000222. The second-order valence-electron chi connectivity index (χ2n) is 7.53. The molecule has 2 aromatic heterocycles. The molecule has 0 aliphatic carbocycles. The highest BCUT2D eigenvalue weighted by Crippen LogP contribution is 2.28. The summed E-state index contributed by atoms with van der Waals surface area (Å²) in [6, 6.07) is 16.2. The van der Waals surface area contributed by atoms with Gasteiger partial charge >= 0.3 is 0 Å². The van der Waals surface area contributed by atoms with E-state index in [4.69, 9.17) is 4.42 Å². The first-order valence-corrected chi connectivity index (χ1v) is 11.6. The Bertz CT molecular complexity index is 1290. The second kappa shape index (κ2) is 9.89. The molecule has 0 amide bonds. The molecule has 0 saturated carbocycles. The van der Waals surface area contributed by atoms with Gasteiger partial charge in [-0.1, -0.05) is 41.5 Å². The van der Waals surface area contributed by atoms with Gasteiger partial charge in [-0.25, -0.2) is 18.0 Å². The van der Waals surface area contributed by atoms with Crippen molar-refractivity contribution in [3.63, 3.8) is 0 Å². The van der Waals surface area contributed by atoms with Crippen molar-refractivity contribution in [2.75, 3.05) is 0 Å². The van der Waals surface area contributed by atoms with E-state index in [0.717, 1.165) is 29.0 Å². The van der Waals surface area contributed by atoms with Crippen molar-refractivity contribution in [2.45, 2.75) is 39.1 Å². The van der Waals surface area contributed by atoms with Crippen molar-refractivity contribution in [2.24, 2.45) is 0 Å². The summed E-state index contributed by atoms with van der Waals surface area (Å²) in [6.45, 7) is 9.08. The van der Waals surface area contributed by atoms with E-state index in [0.29, 0.717) is 5.89 Å². The number of rotatable bonds is 4. The van der Waals surface area contributed by atoms with E-state index in [9.17, 15) is 13.0 Å². The zero-order valence-electron chi connectivity index (χ0n) is 18.6. The molecule has 4 rings (SSSR count). The Morgan fingerprint density at radius 1 is 0.938 bits per heavy atom. The van der Waals surface area contributed by atoms with Crippen LogP contribution in [0.4, 0.5) is 0 Å². The van der Waals surface area contributed by atoms with E-state index in [1.807, 2.05) is 31.5 Å². The van der Waals surface area contributed by atoms with Crippen molar-refractivity contribution >= 4 is 10.1 Å². The summed E-state index contributed by atoms with van der Waals surface area (Å²) in [5.74, 6) is 1.47. The lowest BCUT2D eigenvalue weighted by Crippen LogP contribution is -2.30. The number of hydrogen-bond acceptors (Lipinski definition) is 5. The van der Waals surface area contributed by atoms with Crippen LogP contribution in [0.25, 0.3) is 22.8 Å². The highest BCUT2D eigenvalue weighted by molar-refractivity contribution is 7.85. The number of nitrogens with zero attached hydrogens (tertiary/aromatic N) is 2. The highest BCUT2D eigenvalue weighted by atomic mass is 32.2. The lowest BCUT2D eigenvalue weighted by Gasteiger charge is -2.05. The summed E-state index contributed by atoms with van der Waals surface area (Å²) in [4.78, 5) is 4.23. The summed E-state index contributed by atoms with van der Waals surface area (Å²) < 4.78 is 39.2. The lowest BCUT2D eigenvalue weighted by molar-refractivity contribution is -0.693. The summed E-state index contributed by atoms with van der Waals surface area (Å²) >= 11 is 0. The fourth-order valence-corrected chi connectivity index (χ4v) is 3.61. The predicted octanol–water partition coefficient (Wildman–Crippen LogP) is 4.83. The normalized spacial score (nSPS) is 11.0. The maximum absolute atomic E-state index is 10.4. The smallest absolute Gasteiger partial charge is 0.227 e. The molecule has 0 bridgehead atoms. The molecule has 0 unspecified atom stereocenters. The van der Waals surface area contributed by atoms with Gasteiger partial charge in [0.05, 0.1) is 11.1 Å². The molecule has 6 nitrogen and oxygen atoms in total. The third-order valence-corrected chi connectivity index (χ3v) is 5.82. The SMILES string of the molecule is CC[n+]1ccc(-c2ncc(-c3ccc(C)cc3C)o2)cc1.Cc1ccc(S(=O)(=O)[O-])cc1. The molecular weight excluding hydrogens is 424 g/mol. The Morgan fingerprint density at radius 2 is 1.56 bits per heavy atom. The van der Waals surface area contributed by atoms with Gasteiger partial charge < -0.3 is 8.97 Å². The van der Waals surface area contributed by atoms with Crippen LogP contribution in [0.5, 0.6) is 0 Å². The number of hydrogen-bond donors (Lipinski definition) is 0. The lowest BCUT2D eigenvalue weighted by atomic mass is 10.0. The topological polar surface area (TPSA) is 87.1 Å². The molecule has 0 saturated heterocycles. The summed E-state index contributed by atoms with van der Waals surface area (Å²) in [5.41, 5.74) is 5.48. The van der Waals surface area contributed by atoms with Crippen molar-refractivity contribution in [3.05, 3.63) is 89.9 Å². The quantitative estimate of drug-likeness (QED) is 0.328. The average molecular weight is 451 g/mol. The minimum atomic E-state index is -4.27. The number of aromatic nitrogens is 2. The predicted molar refractivity (Wildman–Crippen MR) is 122 cm³/mol.